The highest BCUT2D eigenvalue weighted by Crippen LogP contribution is 2.26. The summed E-state index contributed by atoms with van der Waals surface area (Å²) in [6.07, 6.45) is 2.81. The van der Waals surface area contributed by atoms with Crippen LogP contribution < -0.4 is 0 Å². The standard InChI is InChI=1S/C18H31NO5/c1-18(2,3)8-7-15(17(22)23)14(16(20)21)6-4-5-9-19-10-12-24-13-11-19/h4-13H2,1-3H3,(H,20,21)(H,22,23). The molecule has 0 amide bonds. The Kier molecular flexibility index (Phi) is 8.42. The molecule has 24 heavy (non-hydrogen) atoms. The Morgan fingerprint density at radius 3 is 2.00 bits per heavy atom. The molecular formula is C18H31NO5. The van der Waals surface area contributed by atoms with E-state index in [1.54, 1.807) is 0 Å². The number of hydrogen-bond donors (Lipinski definition) is 2. The summed E-state index contributed by atoms with van der Waals surface area (Å²) in [7, 11) is 0. The van der Waals surface area contributed by atoms with Crippen LogP contribution in [0.25, 0.3) is 0 Å². The molecule has 0 spiro atoms. The predicted molar refractivity (Wildman–Crippen MR) is 92.1 cm³/mol. The fourth-order valence-electron chi connectivity index (χ4n) is 2.74. The Bertz CT molecular complexity index is 459. The summed E-state index contributed by atoms with van der Waals surface area (Å²) in [5, 5.41) is 18.8. The first-order chi connectivity index (χ1) is 11.2. The summed E-state index contributed by atoms with van der Waals surface area (Å²) in [5.41, 5.74) is 0.0956. The Morgan fingerprint density at radius 2 is 1.50 bits per heavy atom. The van der Waals surface area contributed by atoms with Gasteiger partial charge in [-0.3, -0.25) is 4.90 Å². The molecule has 2 N–H and O–H groups in total. The molecule has 1 fully saturated rings. The highest BCUT2D eigenvalue weighted by molar-refractivity contribution is 5.98. The van der Waals surface area contributed by atoms with Crippen molar-refractivity contribution in [3.8, 4) is 0 Å². The maximum atomic E-state index is 11.5. The van der Waals surface area contributed by atoms with E-state index in [4.69, 9.17) is 4.74 Å². The van der Waals surface area contributed by atoms with Gasteiger partial charge in [0.05, 0.1) is 13.2 Å². The maximum absolute atomic E-state index is 11.5. The van der Waals surface area contributed by atoms with Gasteiger partial charge in [0.25, 0.3) is 0 Å². The topological polar surface area (TPSA) is 87.1 Å². The van der Waals surface area contributed by atoms with Crippen LogP contribution >= 0.6 is 0 Å². The molecule has 1 saturated heterocycles. The molecule has 0 atom stereocenters. The average Bonchev–Trinajstić information content (AvgIpc) is 2.48. The highest BCUT2D eigenvalue weighted by atomic mass is 16.5. The van der Waals surface area contributed by atoms with Crippen molar-refractivity contribution in [1.29, 1.82) is 0 Å². The lowest BCUT2D eigenvalue weighted by Crippen LogP contribution is -2.36. The number of ether oxygens (including phenoxy) is 1. The van der Waals surface area contributed by atoms with E-state index in [2.05, 4.69) is 4.90 Å². The number of rotatable bonds is 9. The van der Waals surface area contributed by atoms with Gasteiger partial charge in [0.2, 0.25) is 0 Å². The smallest absolute Gasteiger partial charge is 0.332 e. The number of carboxylic acid groups (broad SMARTS) is 2. The molecule has 0 aliphatic carbocycles. The number of aliphatic carboxylic acids is 2. The number of carboxylic acids is 2. The van der Waals surface area contributed by atoms with Crippen molar-refractivity contribution >= 4 is 11.9 Å². The molecule has 0 bridgehead atoms. The van der Waals surface area contributed by atoms with Crippen molar-refractivity contribution in [3.05, 3.63) is 11.1 Å². The van der Waals surface area contributed by atoms with Crippen LogP contribution in [0.4, 0.5) is 0 Å². The molecule has 6 nitrogen and oxygen atoms in total. The lowest BCUT2D eigenvalue weighted by atomic mass is 9.87. The Morgan fingerprint density at radius 1 is 0.958 bits per heavy atom. The van der Waals surface area contributed by atoms with Crippen molar-refractivity contribution < 1.29 is 24.5 Å². The van der Waals surface area contributed by atoms with E-state index in [-0.39, 0.29) is 16.6 Å². The van der Waals surface area contributed by atoms with Crippen LogP contribution in [-0.4, -0.2) is 59.9 Å². The third kappa shape index (κ3) is 7.93. The monoisotopic (exact) mass is 341 g/mol. The van der Waals surface area contributed by atoms with E-state index in [9.17, 15) is 19.8 Å². The SMILES string of the molecule is CC(C)(C)CCC(C(=O)O)=C(CCCCN1CCOCC1)C(=O)O. The van der Waals surface area contributed by atoms with Gasteiger partial charge in [-0.05, 0) is 44.1 Å². The molecule has 1 rings (SSSR count). The van der Waals surface area contributed by atoms with Gasteiger partial charge >= 0.3 is 11.9 Å². The zero-order valence-electron chi connectivity index (χ0n) is 15.1. The second-order valence-corrected chi connectivity index (χ2v) is 7.54. The van der Waals surface area contributed by atoms with Gasteiger partial charge in [-0.15, -0.1) is 0 Å². The quantitative estimate of drug-likeness (QED) is 0.495. The van der Waals surface area contributed by atoms with Crippen LogP contribution in [0.15, 0.2) is 11.1 Å². The van der Waals surface area contributed by atoms with Gasteiger partial charge in [0, 0.05) is 24.2 Å². The van der Waals surface area contributed by atoms with Crippen molar-refractivity contribution in [2.75, 3.05) is 32.8 Å². The largest absolute Gasteiger partial charge is 0.478 e. The fraction of sp³-hybridized carbons (Fsp3) is 0.778. The van der Waals surface area contributed by atoms with E-state index >= 15 is 0 Å². The van der Waals surface area contributed by atoms with Crippen LogP contribution in [0.2, 0.25) is 0 Å². The number of hydrogen-bond acceptors (Lipinski definition) is 4. The molecule has 0 radical (unpaired) electrons. The predicted octanol–water partition coefficient (Wildman–Crippen LogP) is 2.78. The lowest BCUT2D eigenvalue weighted by molar-refractivity contribution is -0.136. The first-order valence-corrected chi connectivity index (χ1v) is 8.69. The summed E-state index contributed by atoms with van der Waals surface area (Å²) in [6.45, 7) is 10.3. The Labute approximate surface area is 144 Å². The fourth-order valence-corrected chi connectivity index (χ4v) is 2.74. The molecule has 6 heteroatoms. The van der Waals surface area contributed by atoms with Crippen LogP contribution in [0, 0.1) is 5.41 Å². The lowest BCUT2D eigenvalue weighted by Gasteiger charge is -2.26. The van der Waals surface area contributed by atoms with Gasteiger partial charge in [0.15, 0.2) is 0 Å². The van der Waals surface area contributed by atoms with Crippen LogP contribution in [-0.2, 0) is 14.3 Å². The van der Waals surface area contributed by atoms with Gasteiger partial charge in [0.1, 0.15) is 0 Å². The molecule has 0 aromatic heterocycles. The first kappa shape index (κ1) is 20.6. The maximum Gasteiger partial charge on any atom is 0.332 e. The molecule has 0 aromatic carbocycles. The van der Waals surface area contributed by atoms with Crippen molar-refractivity contribution in [3.63, 3.8) is 0 Å². The van der Waals surface area contributed by atoms with Crippen molar-refractivity contribution in [1.82, 2.24) is 4.90 Å². The zero-order valence-corrected chi connectivity index (χ0v) is 15.1. The van der Waals surface area contributed by atoms with E-state index in [1.165, 1.54) is 0 Å². The third-order valence-electron chi connectivity index (χ3n) is 4.26. The molecule has 0 unspecified atom stereocenters. The highest BCUT2D eigenvalue weighted by Gasteiger charge is 2.22. The summed E-state index contributed by atoms with van der Waals surface area (Å²) in [4.78, 5) is 25.3. The number of carbonyl (C=O) groups is 2. The van der Waals surface area contributed by atoms with E-state index in [0.717, 1.165) is 39.3 Å². The van der Waals surface area contributed by atoms with E-state index in [0.29, 0.717) is 25.7 Å². The molecule has 0 aromatic rings. The minimum absolute atomic E-state index is 0.0271. The second-order valence-electron chi connectivity index (χ2n) is 7.54. The molecule has 1 heterocycles. The first-order valence-electron chi connectivity index (χ1n) is 8.69. The number of unbranched alkanes of at least 4 members (excludes halogenated alkanes) is 1. The molecule has 1 aliphatic heterocycles. The minimum Gasteiger partial charge on any atom is -0.478 e. The van der Waals surface area contributed by atoms with Crippen molar-refractivity contribution in [2.24, 2.45) is 5.41 Å². The molecule has 138 valence electrons. The van der Waals surface area contributed by atoms with E-state index < -0.39 is 11.9 Å². The molecule has 1 aliphatic rings. The van der Waals surface area contributed by atoms with Gasteiger partial charge in [-0.2, -0.15) is 0 Å². The van der Waals surface area contributed by atoms with Gasteiger partial charge < -0.3 is 14.9 Å². The summed E-state index contributed by atoms with van der Waals surface area (Å²) in [6, 6.07) is 0. The summed E-state index contributed by atoms with van der Waals surface area (Å²) >= 11 is 0. The third-order valence-corrected chi connectivity index (χ3v) is 4.26. The van der Waals surface area contributed by atoms with Crippen LogP contribution in [0.5, 0.6) is 0 Å². The van der Waals surface area contributed by atoms with Crippen molar-refractivity contribution in [2.45, 2.75) is 52.9 Å². The second kappa shape index (κ2) is 9.79. The molecular weight excluding hydrogens is 310 g/mol. The van der Waals surface area contributed by atoms with Gasteiger partial charge in [-0.1, -0.05) is 20.8 Å². The molecule has 0 saturated carbocycles. The van der Waals surface area contributed by atoms with Gasteiger partial charge in [-0.25, -0.2) is 9.59 Å². The normalized spacial score (nSPS) is 17.5. The Hall–Kier alpha value is -1.40. The average molecular weight is 341 g/mol. The van der Waals surface area contributed by atoms with Crippen LogP contribution in [0.1, 0.15) is 52.9 Å². The summed E-state index contributed by atoms with van der Waals surface area (Å²) < 4.78 is 5.30. The Balaban J connectivity index is 2.60. The van der Waals surface area contributed by atoms with Crippen LogP contribution in [0.3, 0.4) is 0 Å². The minimum atomic E-state index is -1.11. The number of morpholine rings is 1. The zero-order chi connectivity index (χ0) is 18.2. The summed E-state index contributed by atoms with van der Waals surface area (Å²) in [5.74, 6) is -2.21. The van der Waals surface area contributed by atoms with E-state index in [1.807, 2.05) is 20.8 Å². The number of nitrogens with zero attached hydrogens (tertiary/aromatic N) is 1.